The number of nitrogens with zero attached hydrogens (tertiary/aromatic N) is 3. The van der Waals surface area contributed by atoms with Crippen molar-refractivity contribution >= 4 is 28.9 Å². The zero-order valence-corrected chi connectivity index (χ0v) is 14.4. The molecule has 130 valence electrons. The Morgan fingerprint density at radius 3 is 2.38 bits per heavy atom. The predicted octanol–water partition coefficient (Wildman–Crippen LogP) is 2.57. The van der Waals surface area contributed by atoms with Crippen molar-refractivity contribution in [2.45, 2.75) is 6.42 Å². The lowest BCUT2D eigenvalue weighted by Crippen LogP contribution is -2.40. The molecule has 2 aromatic rings. The molecule has 3 fully saturated rings. The average molecular weight is 345 g/mol. The quantitative estimate of drug-likeness (QED) is 0.477. The highest BCUT2D eigenvalue weighted by atomic mass is 16.2. The van der Waals surface area contributed by atoms with E-state index in [-0.39, 0.29) is 35.5 Å². The highest BCUT2D eigenvalue weighted by molar-refractivity contribution is 6.07. The lowest BCUT2D eigenvalue weighted by molar-refractivity contribution is -0.140. The molecule has 5 aliphatic rings. The van der Waals surface area contributed by atoms with Gasteiger partial charge in [-0.25, -0.2) is 0 Å². The summed E-state index contributed by atoms with van der Waals surface area (Å²) in [4.78, 5) is 25.9. The number of carbonyl (C=O) groups is 2. The summed E-state index contributed by atoms with van der Waals surface area (Å²) in [7, 11) is 1.98. The number of aryl methyl sites for hydroxylation is 1. The van der Waals surface area contributed by atoms with Crippen LogP contribution in [0.15, 0.2) is 47.7 Å². The van der Waals surface area contributed by atoms with Gasteiger partial charge in [-0.1, -0.05) is 30.4 Å². The van der Waals surface area contributed by atoms with Crippen molar-refractivity contribution in [3.8, 4) is 0 Å². The molecule has 6 atom stereocenters. The standard InChI is InChI=1S/C21H19N3O2/c1-23-10-11(12-4-2-3-5-17(12)23)9-22-24-20(25)18-13-6-7-14(16-8-15(13)16)19(18)21(24)26/h2-7,9-10,13-16,18-19H,8H2,1H3/b22-9+/t13-,14-,15-,16-,18+,19+/m1/s1. The molecule has 1 aliphatic heterocycles. The Balaban J connectivity index is 1.36. The third-order valence-electron chi connectivity index (χ3n) is 6.88. The number of imide groups is 1. The highest BCUT2D eigenvalue weighted by Gasteiger charge is 2.67. The van der Waals surface area contributed by atoms with Gasteiger partial charge in [0, 0.05) is 29.7 Å². The van der Waals surface area contributed by atoms with Gasteiger partial charge in [-0.15, -0.1) is 0 Å². The summed E-state index contributed by atoms with van der Waals surface area (Å²) in [5.74, 6) is 1.11. The maximum atomic E-state index is 12.9. The molecule has 2 bridgehead atoms. The van der Waals surface area contributed by atoms with Crippen molar-refractivity contribution in [2.75, 3.05) is 0 Å². The molecule has 0 unspecified atom stereocenters. The van der Waals surface area contributed by atoms with Crippen molar-refractivity contribution in [3.05, 3.63) is 48.2 Å². The summed E-state index contributed by atoms with van der Waals surface area (Å²) in [6.45, 7) is 0. The van der Waals surface area contributed by atoms with E-state index in [2.05, 4.69) is 17.3 Å². The minimum absolute atomic E-state index is 0.110. The maximum Gasteiger partial charge on any atom is 0.254 e. The molecule has 4 aliphatic carbocycles. The summed E-state index contributed by atoms with van der Waals surface area (Å²) in [5, 5.41) is 6.56. The summed E-state index contributed by atoms with van der Waals surface area (Å²) < 4.78 is 2.03. The van der Waals surface area contributed by atoms with Crippen LogP contribution in [-0.4, -0.2) is 27.6 Å². The molecule has 5 nitrogen and oxygen atoms in total. The molecule has 1 aromatic heterocycles. The van der Waals surface area contributed by atoms with Crippen LogP contribution in [0.1, 0.15) is 12.0 Å². The number of rotatable bonds is 2. The molecule has 1 saturated heterocycles. The van der Waals surface area contributed by atoms with Gasteiger partial charge in [0.25, 0.3) is 11.8 Å². The number of hydrogen-bond donors (Lipinski definition) is 0. The number of fused-ring (bicyclic) bond motifs is 1. The minimum atomic E-state index is -0.189. The van der Waals surface area contributed by atoms with Gasteiger partial charge >= 0.3 is 0 Å². The molecule has 0 spiro atoms. The van der Waals surface area contributed by atoms with E-state index in [1.165, 1.54) is 6.42 Å². The number of para-hydroxylation sites is 1. The van der Waals surface area contributed by atoms with Crippen molar-refractivity contribution in [3.63, 3.8) is 0 Å². The van der Waals surface area contributed by atoms with Crippen LogP contribution < -0.4 is 0 Å². The number of hydrazone groups is 1. The maximum absolute atomic E-state index is 12.9. The summed E-state index contributed by atoms with van der Waals surface area (Å²) in [6.07, 6.45) is 9.18. The summed E-state index contributed by atoms with van der Waals surface area (Å²) in [5.41, 5.74) is 2.02. The number of carbonyl (C=O) groups excluding carboxylic acids is 2. The van der Waals surface area contributed by atoms with E-state index < -0.39 is 0 Å². The Labute approximate surface area is 151 Å². The van der Waals surface area contributed by atoms with Crippen LogP contribution in [0, 0.1) is 35.5 Å². The minimum Gasteiger partial charge on any atom is -0.350 e. The van der Waals surface area contributed by atoms with Crippen LogP contribution in [0.25, 0.3) is 10.9 Å². The van der Waals surface area contributed by atoms with Gasteiger partial charge in [0.15, 0.2) is 0 Å². The SMILES string of the molecule is Cn1cc(/C=N/N2C(=O)[C@H]3[C@@H]4C=C[C@H]([C@H]5C[C@H]45)[C@@H]3C2=O)c2ccccc21. The zero-order valence-electron chi connectivity index (χ0n) is 14.4. The molecule has 7 rings (SSSR count). The Morgan fingerprint density at radius 2 is 1.69 bits per heavy atom. The monoisotopic (exact) mass is 345 g/mol. The van der Waals surface area contributed by atoms with Crippen molar-refractivity contribution in [1.29, 1.82) is 0 Å². The van der Waals surface area contributed by atoms with Crippen molar-refractivity contribution in [2.24, 2.45) is 47.7 Å². The summed E-state index contributed by atoms with van der Waals surface area (Å²) in [6, 6.07) is 8.05. The number of benzene rings is 1. The lowest BCUT2D eigenvalue weighted by atomic mass is 9.63. The second-order valence-electron chi connectivity index (χ2n) is 8.10. The van der Waals surface area contributed by atoms with Crippen LogP contribution in [0.3, 0.4) is 0 Å². The predicted molar refractivity (Wildman–Crippen MR) is 97.1 cm³/mol. The molecule has 2 heterocycles. The largest absolute Gasteiger partial charge is 0.350 e. The van der Waals surface area contributed by atoms with E-state index in [9.17, 15) is 9.59 Å². The average Bonchev–Trinajstić information content (AvgIpc) is 3.37. The van der Waals surface area contributed by atoms with E-state index >= 15 is 0 Å². The molecule has 26 heavy (non-hydrogen) atoms. The first-order chi connectivity index (χ1) is 12.6. The second kappa shape index (κ2) is 4.72. The Hall–Kier alpha value is -2.69. The van der Waals surface area contributed by atoms with Crippen LogP contribution in [0.5, 0.6) is 0 Å². The first-order valence-corrected chi connectivity index (χ1v) is 9.29. The Morgan fingerprint density at radius 1 is 1.04 bits per heavy atom. The van der Waals surface area contributed by atoms with E-state index in [0.29, 0.717) is 11.8 Å². The first kappa shape index (κ1) is 14.5. The second-order valence-corrected chi connectivity index (χ2v) is 8.10. The van der Waals surface area contributed by atoms with E-state index in [0.717, 1.165) is 21.5 Å². The van der Waals surface area contributed by atoms with Crippen molar-refractivity contribution in [1.82, 2.24) is 9.58 Å². The van der Waals surface area contributed by atoms with Gasteiger partial charge in [-0.05, 0) is 36.2 Å². The third kappa shape index (κ3) is 1.68. The lowest BCUT2D eigenvalue weighted by Gasteiger charge is -2.37. The van der Waals surface area contributed by atoms with Gasteiger partial charge in [0.2, 0.25) is 0 Å². The number of aromatic nitrogens is 1. The molecule has 0 radical (unpaired) electrons. The van der Waals surface area contributed by atoms with Crippen LogP contribution in [0.4, 0.5) is 0 Å². The molecule has 1 aromatic carbocycles. The van der Waals surface area contributed by atoms with E-state index in [1.807, 2.05) is 42.1 Å². The van der Waals surface area contributed by atoms with Crippen LogP contribution in [0.2, 0.25) is 0 Å². The van der Waals surface area contributed by atoms with Gasteiger partial charge in [0.05, 0.1) is 18.1 Å². The zero-order chi connectivity index (χ0) is 17.6. The number of hydrogen-bond acceptors (Lipinski definition) is 3. The van der Waals surface area contributed by atoms with Gasteiger partial charge in [-0.2, -0.15) is 10.1 Å². The van der Waals surface area contributed by atoms with E-state index in [4.69, 9.17) is 0 Å². The van der Waals surface area contributed by atoms with Crippen molar-refractivity contribution < 1.29 is 9.59 Å². The third-order valence-corrected chi connectivity index (χ3v) is 6.88. The van der Waals surface area contributed by atoms with Crippen LogP contribution in [-0.2, 0) is 16.6 Å². The fraction of sp³-hybridized carbons (Fsp3) is 0.381. The molecular formula is C21H19N3O2. The molecule has 2 saturated carbocycles. The fourth-order valence-electron chi connectivity index (χ4n) is 5.65. The van der Waals surface area contributed by atoms with Crippen LogP contribution >= 0.6 is 0 Å². The normalized spacial score (nSPS) is 37.0. The van der Waals surface area contributed by atoms with Gasteiger partial charge < -0.3 is 4.57 Å². The Kier molecular flexibility index (Phi) is 2.63. The van der Waals surface area contributed by atoms with Gasteiger partial charge in [-0.3, -0.25) is 9.59 Å². The Bertz CT molecular complexity index is 997. The molecular weight excluding hydrogens is 326 g/mol. The molecule has 2 amide bonds. The smallest absolute Gasteiger partial charge is 0.254 e. The number of allylic oxidation sites excluding steroid dienone is 2. The van der Waals surface area contributed by atoms with E-state index in [1.54, 1.807) is 6.21 Å². The fourth-order valence-corrected chi connectivity index (χ4v) is 5.65. The first-order valence-electron chi connectivity index (χ1n) is 9.29. The number of amides is 2. The molecule has 5 heteroatoms. The topological polar surface area (TPSA) is 54.7 Å². The van der Waals surface area contributed by atoms with Gasteiger partial charge in [0.1, 0.15) is 0 Å². The highest BCUT2D eigenvalue weighted by Crippen LogP contribution is 2.65. The molecule has 0 N–H and O–H groups in total. The summed E-state index contributed by atoms with van der Waals surface area (Å²) >= 11 is 0.